The minimum atomic E-state index is -0.809. The average Bonchev–Trinajstić information content (AvgIpc) is 3.59. The molecule has 0 aliphatic carbocycles. The predicted octanol–water partition coefficient (Wildman–Crippen LogP) is 2.31. The summed E-state index contributed by atoms with van der Waals surface area (Å²) in [7, 11) is 3.25. The van der Waals surface area contributed by atoms with Crippen LogP contribution in [0.25, 0.3) is 27.9 Å². The summed E-state index contributed by atoms with van der Waals surface area (Å²) in [5.74, 6) is -0.0826. The monoisotopic (exact) mass is 605 g/mol. The van der Waals surface area contributed by atoms with Crippen LogP contribution in [0.3, 0.4) is 0 Å². The number of carbonyl (C=O) groups excluding carboxylic acids is 1. The molecule has 43 heavy (non-hydrogen) atoms. The van der Waals surface area contributed by atoms with Gasteiger partial charge in [0.05, 0.1) is 30.3 Å². The summed E-state index contributed by atoms with van der Waals surface area (Å²) < 4.78 is 8.65. The first-order chi connectivity index (χ1) is 20.7. The molecule has 2 fully saturated rings. The molecule has 2 aliphatic heterocycles. The Bertz CT molecular complexity index is 1780. The first kappa shape index (κ1) is 28.8. The van der Waals surface area contributed by atoms with Gasteiger partial charge in [-0.05, 0) is 18.6 Å². The number of likely N-dealkylation sites (tertiary alicyclic amines) is 1. The highest BCUT2D eigenvalue weighted by atomic mass is 35.5. The van der Waals surface area contributed by atoms with Crippen LogP contribution in [0, 0.1) is 5.92 Å². The van der Waals surface area contributed by atoms with Crippen LogP contribution >= 0.6 is 11.6 Å². The lowest BCUT2D eigenvalue weighted by Gasteiger charge is -2.36. The minimum absolute atomic E-state index is 0.0887. The van der Waals surface area contributed by atoms with Crippen molar-refractivity contribution in [2.75, 3.05) is 26.7 Å². The molecule has 5 heterocycles. The number of aromatic nitrogens is 4. The van der Waals surface area contributed by atoms with Crippen molar-refractivity contribution in [1.29, 1.82) is 0 Å². The molecular formula is C30H32ClN7O5. The number of nitrogens with one attached hydrogen (secondary N) is 2. The van der Waals surface area contributed by atoms with Gasteiger partial charge in [0, 0.05) is 74.1 Å². The number of rotatable bonds is 10. The zero-order valence-corrected chi connectivity index (χ0v) is 24.6. The second kappa shape index (κ2) is 11.8. The molecule has 1 atom stereocenters. The number of aliphatic carboxylic acids is 1. The van der Waals surface area contributed by atoms with Gasteiger partial charge in [-0.2, -0.15) is 5.10 Å². The van der Waals surface area contributed by atoms with Gasteiger partial charge in [0.25, 0.3) is 5.56 Å². The molecule has 4 aromatic rings. The first-order valence-electron chi connectivity index (χ1n) is 14.1. The Balaban J connectivity index is 1.23. The zero-order chi connectivity index (χ0) is 30.2. The number of carboxylic acids is 1. The van der Waals surface area contributed by atoms with Gasteiger partial charge in [-0.25, -0.2) is 9.50 Å². The molecular weight excluding hydrogens is 574 g/mol. The average molecular weight is 606 g/mol. The summed E-state index contributed by atoms with van der Waals surface area (Å²) in [6, 6.07) is 11.4. The largest absolute Gasteiger partial charge is 0.481 e. The molecule has 12 nitrogen and oxygen atoms in total. The Hall–Kier alpha value is -4.26. The highest BCUT2D eigenvalue weighted by Gasteiger charge is 2.33. The first-order valence-corrected chi connectivity index (χ1v) is 14.5. The van der Waals surface area contributed by atoms with E-state index < -0.39 is 5.97 Å². The summed E-state index contributed by atoms with van der Waals surface area (Å²) in [6.07, 6.45) is 3.16. The van der Waals surface area contributed by atoms with Crippen LogP contribution in [0.15, 0.2) is 47.4 Å². The van der Waals surface area contributed by atoms with Gasteiger partial charge in [-0.1, -0.05) is 35.9 Å². The van der Waals surface area contributed by atoms with Crippen molar-refractivity contribution in [1.82, 2.24) is 34.7 Å². The lowest BCUT2D eigenvalue weighted by Crippen LogP contribution is -2.50. The lowest BCUT2D eigenvalue weighted by molar-refractivity contribution is -0.147. The number of halogens is 1. The number of hydrogen-bond acceptors (Lipinski definition) is 8. The van der Waals surface area contributed by atoms with Crippen molar-refractivity contribution in [2.45, 2.75) is 32.0 Å². The van der Waals surface area contributed by atoms with Crippen molar-refractivity contribution in [3.8, 4) is 28.3 Å². The molecule has 3 N–H and O–H groups in total. The SMILES string of the molecule is COc1nc(-c2cccc(-c3cc4c(=O)n(C)c(CN5CC(C(=O)O)C5)nn4c3)c2Cl)ccc1CNC[C@@H]1CCC(=O)N1. The van der Waals surface area contributed by atoms with Crippen molar-refractivity contribution >= 4 is 29.0 Å². The molecule has 2 aliphatic rings. The highest BCUT2D eigenvalue weighted by molar-refractivity contribution is 6.36. The fourth-order valence-corrected chi connectivity index (χ4v) is 5.94. The maximum atomic E-state index is 13.2. The Labute approximate surface area is 252 Å². The normalized spacial score (nSPS) is 17.3. The molecule has 0 radical (unpaired) electrons. The number of ether oxygens (including phenoxy) is 1. The number of carbonyl (C=O) groups is 2. The number of benzene rings is 1. The summed E-state index contributed by atoms with van der Waals surface area (Å²) in [5.41, 5.74) is 3.91. The zero-order valence-electron chi connectivity index (χ0n) is 23.8. The Morgan fingerprint density at radius 1 is 1.21 bits per heavy atom. The van der Waals surface area contributed by atoms with Gasteiger partial charge in [-0.3, -0.25) is 23.9 Å². The van der Waals surface area contributed by atoms with Crippen LogP contribution in [-0.4, -0.2) is 73.8 Å². The molecule has 6 rings (SSSR count). The Kier molecular flexibility index (Phi) is 7.91. The van der Waals surface area contributed by atoms with Crippen LogP contribution in [0.4, 0.5) is 0 Å². The highest BCUT2D eigenvalue weighted by Crippen LogP contribution is 2.37. The topological polar surface area (TPSA) is 143 Å². The van der Waals surface area contributed by atoms with E-state index in [4.69, 9.17) is 26.4 Å². The molecule has 1 aromatic carbocycles. The van der Waals surface area contributed by atoms with Crippen LogP contribution in [0.2, 0.25) is 5.02 Å². The van der Waals surface area contributed by atoms with E-state index in [-0.39, 0.29) is 23.4 Å². The molecule has 224 valence electrons. The van der Waals surface area contributed by atoms with Crippen LogP contribution in [-0.2, 0) is 29.7 Å². The molecule has 2 saturated heterocycles. The van der Waals surface area contributed by atoms with E-state index in [1.165, 1.54) is 4.57 Å². The molecule has 0 bridgehead atoms. The molecule has 13 heteroatoms. The van der Waals surface area contributed by atoms with Crippen molar-refractivity contribution in [2.24, 2.45) is 13.0 Å². The van der Waals surface area contributed by atoms with Crippen LogP contribution < -0.4 is 20.9 Å². The number of methoxy groups -OCH3 is 1. The molecule has 3 aromatic heterocycles. The van der Waals surface area contributed by atoms with Gasteiger partial charge in [-0.15, -0.1) is 0 Å². The third-order valence-electron chi connectivity index (χ3n) is 8.12. The molecule has 1 amide bonds. The lowest BCUT2D eigenvalue weighted by atomic mass is 10.0. The Morgan fingerprint density at radius 3 is 2.72 bits per heavy atom. The predicted molar refractivity (Wildman–Crippen MR) is 160 cm³/mol. The fourth-order valence-electron chi connectivity index (χ4n) is 5.61. The van der Waals surface area contributed by atoms with Crippen LogP contribution in [0.5, 0.6) is 5.88 Å². The van der Waals surface area contributed by atoms with Gasteiger partial charge in [0.15, 0.2) is 0 Å². The van der Waals surface area contributed by atoms with Gasteiger partial charge < -0.3 is 20.5 Å². The summed E-state index contributed by atoms with van der Waals surface area (Å²) in [5, 5.41) is 20.6. The number of carboxylic acid groups (broad SMARTS) is 1. The van der Waals surface area contributed by atoms with E-state index in [0.29, 0.717) is 72.6 Å². The number of amides is 1. The maximum absolute atomic E-state index is 13.2. The molecule has 0 saturated carbocycles. The second-order valence-electron chi connectivity index (χ2n) is 11.0. The van der Waals surface area contributed by atoms with E-state index >= 15 is 0 Å². The van der Waals surface area contributed by atoms with Gasteiger partial charge in [0.2, 0.25) is 11.8 Å². The standard InChI is InChI=1S/C30H32ClN7O5/c1-36-25(16-37-13-19(14-37)30(41)42)35-38-15-18(10-24(38)29(36)40)21-4-3-5-22(27(21)31)23-8-6-17(28(34-23)43-2)11-32-12-20-7-9-26(39)33-20/h3-6,8,10,15,19-20,32H,7,9,11-14,16H2,1-2H3,(H,33,39)(H,41,42)/t20-/m0/s1. The minimum Gasteiger partial charge on any atom is -0.481 e. The summed E-state index contributed by atoms with van der Waals surface area (Å²) >= 11 is 6.95. The smallest absolute Gasteiger partial charge is 0.309 e. The molecule has 0 spiro atoms. The Morgan fingerprint density at radius 2 is 2.00 bits per heavy atom. The summed E-state index contributed by atoms with van der Waals surface area (Å²) in [4.78, 5) is 42.5. The van der Waals surface area contributed by atoms with Gasteiger partial charge in [0.1, 0.15) is 11.3 Å². The summed E-state index contributed by atoms with van der Waals surface area (Å²) in [6.45, 7) is 2.44. The number of fused-ring (bicyclic) bond motifs is 1. The van der Waals surface area contributed by atoms with Crippen molar-refractivity contribution < 1.29 is 19.4 Å². The molecule has 0 unspecified atom stereocenters. The number of nitrogens with zero attached hydrogens (tertiary/aromatic N) is 5. The van der Waals surface area contributed by atoms with E-state index in [9.17, 15) is 14.4 Å². The van der Waals surface area contributed by atoms with E-state index in [1.807, 2.05) is 35.2 Å². The van der Waals surface area contributed by atoms with E-state index in [0.717, 1.165) is 23.1 Å². The third-order valence-corrected chi connectivity index (χ3v) is 8.52. The second-order valence-corrected chi connectivity index (χ2v) is 11.4. The number of pyridine rings is 1. The number of hydrogen-bond donors (Lipinski definition) is 3. The van der Waals surface area contributed by atoms with Crippen molar-refractivity contribution in [3.05, 3.63) is 69.4 Å². The fraction of sp³-hybridized carbons (Fsp3) is 0.367. The van der Waals surface area contributed by atoms with Crippen LogP contribution in [0.1, 0.15) is 24.2 Å². The maximum Gasteiger partial charge on any atom is 0.309 e. The van der Waals surface area contributed by atoms with E-state index in [1.54, 1.807) is 30.9 Å². The third kappa shape index (κ3) is 5.73. The van der Waals surface area contributed by atoms with E-state index in [2.05, 4.69) is 15.7 Å². The quantitative estimate of drug-likeness (QED) is 0.248. The van der Waals surface area contributed by atoms with Gasteiger partial charge >= 0.3 is 5.97 Å². The van der Waals surface area contributed by atoms with Crippen molar-refractivity contribution in [3.63, 3.8) is 0 Å².